The highest BCUT2D eigenvalue weighted by molar-refractivity contribution is 7.92. The number of nitrogens with one attached hydrogen (secondary N) is 1. The Morgan fingerprint density at radius 2 is 1.83 bits per heavy atom. The summed E-state index contributed by atoms with van der Waals surface area (Å²) >= 11 is 0. The Bertz CT molecular complexity index is 689. The largest absolute Gasteiger partial charge is 0.351 e. The number of benzene rings is 1. The van der Waals surface area contributed by atoms with Crippen molar-refractivity contribution in [3.8, 4) is 0 Å². The monoisotopic (exact) mass is 354 g/mol. The molecule has 1 N–H and O–H groups in total. The van der Waals surface area contributed by atoms with Crippen molar-refractivity contribution in [2.24, 2.45) is 0 Å². The molecule has 5 nitrogen and oxygen atoms in total. The summed E-state index contributed by atoms with van der Waals surface area (Å²) in [4.78, 5) is 12.1. The molecule has 0 aliphatic rings. The van der Waals surface area contributed by atoms with Gasteiger partial charge in [0.2, 0.25) is 15.9 Å². The van der Waals surface area contributed by atoms with Crippen molar-refractivity contribution >= 4 is 21.6 Å². The maximum absolute atomic E-state index is 12.4. The molecule has 0 aliphatic carbocycles. The first kappa shape index (κ1) is 20.5. The summed E-state index contributed by atoms with van der Waals surface area (Å²) in [5.41, 5.74) is 2.22. The molecule has 24 heavy (non-hydrogen) atoms. The lowest BCUT2D eigenvalue weighted by molar-refractivity contribution is -0.122. The van der Waals surface area contributed by atoms with E-state index in [0.29, 0.717) is 5.69 Å². The summed E-state index contributed by atoms with van der Waals surface area (Å²) in [7, 11) is -3.48. The molecule has 0 heterocycles. The lowest BCUT2D eigenvalue weighted by Gasteiger charge is -2.28. The standard InChI is InChI=1S/C18H30N2O3S/c1-13(2)15-10-8-9-14(3)17(15)20(24(7,22)23)12-11-16(21)19-18(4,5)6/h8-10,13H,11-12H2,1-7H3,(H,19,21). The first-order chi connectivity index (χ1) is 10.8. The zero-order valence-electron chi connectivity index (χ0n) is 15.8. The highest BCUT2D eigenvalue weighted by Crippen LogP contribution is 2.32. The third-order valence-electron chi connectivity index (χ3n) is 3.60. The van der Waals surface area contributed by atoms with Crippen molar-refractivity contribution in [1.29, 1.82) is 0 Å². The first-order valence-electron chi connectivity index (χ1n) is 8.21. The number of amides is 1. The highest BCUT2D eigenvalue weighted by Gasteiger charge is 2.24. The van der Waals surface area contributed by atoms with E-state index in [2.05, 4.69) is 5.32 Å². The van der Waals surface area contributed by atoms with Crippen LogP contribution >= 0.6 is 0 Å². The minimum absolute atomic E-state index is 0.121. The Hall–Kier alpha value is -1.56. The lowest BCUT2D eigenvalue weighted by Crippen LogP contribution is -2.42. The summed E-state index contributed by atoms with van der Waals surface area (Å²) in [6.07, 6.45) is 1.31. The fourth-order valence-electron chi connectivity index (χ4n) is 2.62. The number of aryl methyl sites for hydroxylation is 1. The Balaban J connectivity index is 3.16. The fraction of sp³-hybridized carbons (Fsp3) is 0.611. The van der Waals surface area contributed by atoms with Crippen LogP contribution in [0.2, 0.25) is 0 Å². The van der Waals surface area contributed by atoms with Crippen molar-refractivity contribution < 1.29 is 13.2 Å². The second kappa shape index (κ2) is 7.55. The van der Waals surface area contributed by atoms with Crippen LogP contribution in [0.25, 0.3) is 0 Å². The minimum Gasteiger partial charge on any atom is -0.351 e. The van der Waals surface area contributed by atoms with E-state index < -0.39 is 10.0 Å². The highest BCUT2D eigenvalue weighted by atomic mass is 32.2. The van der Waals surface area contributed by atoms with Crippen LogP contribution in [0.5, 0.6) is 0 Å². The van der Waals surface area contributed by atoms with Crippen LogP contribution in [0.1, 0.15) is 58.1 Å². The van der Waals surface area contributed by atoms with Gasteiger partial charge in [-0.25, -0.2) is 8.42 Å². The molecule has 1 aromatic rings. The molecule has 0 aliphatic heterocycles. The van der Waals surface area contributed by atoms with Crippen LogP contribution in [0.3, 0.4) is 0 Å². The normalized spacial score (nSPS) is 12.3. The van der Waals surface area contributed by atoms with E-state index in [0.717, 1.165) is 11.1 Å². The summed E-state index contributed by atoms with van der Waals surface area (Å²) in [5.74, 6) is 0.0309. The Kier molecular flexibility index (Phi) is 6.45. The molecule has 6 heteroatoms. The van der Waals surface area contributed by atoms with Crippen LogP contribution in [0.15, 0.2) is 18.2 Å². The number of nitrogens with zero attached hydrogens (tertiary/aromatic N) is 1. The van der Waals surface area contributed by atoms with Gasteiger partial charge in [0.1, 0.15) is 0 Å². The number of carbonyl (C=O) groups is 1. The number of sulfonamides is 1. The fourth-order valence-corrected chi connectivity index (χ4v) is 3.62. The summed E-state index contributed by atoms with van der Waals surface area (Å²) in [6.45, 7) is 11.8. The van der Waals surface area contributed by atoms with Crippen molar-refractivity contribution in [3.05, 3.63) is 29.3 Å². The summed E-state index contributed by atoms with van der Waals surface area (Å²) < 4.78 is 26.1. The SMILES string of the molecule is Cc1cccc(C(C)C)c1N(CCC(=O)NC(C)(C)C)S(C)(=O)=O. The van der Waals surface area contributed by atoms with Gasteiger partial charge in [-0.15, -0.1) is 0 Å². The van der Waals surface area contributed by atoms with Gasteiger partial charge in [0.15, 0.2) is 0 Å². The zero-order valence-corrected chi connectivity index (χ0v) is 16.6. The maximum Gasteiger partial charge on any atom is 0.232 e. The second-order valence-corrected chi connectivity index (χ2v) is 9.46. The first-order valence-corrected chi connectivity index (χ1v) is 10.1. The van der Waals surface area contributed by atoms with Crippen LogP contribution in [-0.4, -0.2) is 32.7 Å². The van der Waals surface area contributed by atoms with Gasteiger partial charge >= 0.3 is 0 Å². The number of rotatable bonds is 6. The molecule has 0 spiro atoms. The minimum atomic E-state index is -3.48. The topological polar surface area (TPSA) is 66.5 Å². The van der Waals surface area contributed by atoms with E-state index in [1.165, 1.54) is 10.6 Å². The van der Waals surface area contributed by atoms with E-state index >= 15 is 0 Å². The molecule has 0 bridgehead atoms. The summed E-state index contributed by atoms with van der Waals surface area (Å²) in [5, 5.41) is 2.87. The lowest BCUT2D eigenvalue weighted by atomic mass is 9.98. The van der Waals surface area contributed by atoms with E-state index in [9.17, 15) is 13.2 Å². The number of carbonyl (C=O) groups excluding carboxylic acids is 1. The van der Waals surface area contributed by atoms with Crippen molar-refractivity contribution in [2.75, 3.05) is 17.1 Å². The van der Waals surface area contributed by atoms with Gasteiger partial charge in [0.25, 0.3) is 0 Å². The number of hydrogen-bond donors (Lipinski definition) is 1. The predicted molar refractivity (Wildman–Crippen MR) is 100.0 cm³/mol. The quantitative estimate of drug-likeness (QED) is 0.853. The van der Waals surface area contributed by atoms with Crippen LogP contribution in [0.4, 0.5) is 5.69 Å². The smallest absolute Gasteiger partial charge is 0.232 e. The molecule has 0 atom stereocenters. The molecule has 0 unspecified atom stereocenters. The molecular formula is C18H30N2O3S. The van der Waals surface area contributed by atoms with Gasteiger partial charge in [0, 0.05) is 18.5 Å². The average molecular weight is 355 g/mol. The third-order valence-corrected chi connectivity index (χ3v) is 4.76. The molecular weight excluding hydrogens is 324 g/mol. The zero-order chi connectivity index (χ0) is 18.7. The maximum atomic E-state index is 12.4. The van der Waals surface area contributed by atoms with Gasteiger partial charge in [-0.05, 0) is 44.7 Å². The Labute approximate surface area is 146 Å². The molecule has 0 saturated heterocycles. The van der Waals surface area contributed by atoms with Gasteiger partial charge in [-0.3, -0.25) is 9.10 Å². The van der Waals surface area contributed by atoms with Gasteiger partial charge < -0.3 is 5.32 Å². The van der Waals surface area contributed by atoms with E-state index in [-0.39, 0.29) is 30.3 Å². The molecule has 0 aromatic heterocycles. The molecule has 1 rings (SSSR count). The van der Waals surface area contributed by atoms with Crippen LogP contribution in [-0.2, 0) is 14.8 Å². The molecule has 136 valence electrons. The Morgan fingerprint density at radius 3 is 2.29 bits per heavy atom. The Morgan fingerprint density at radius 1 is 1.25 bits per heavy atom. The van der Waals surface area contributed by atoms with Gasteiger partial charge in [0.05, 0.1) is 11.9 Å². The predicted octanol–water partition coefficient (Wildman–Crippen LogP) is 3.19. The molecule has 1 aromatic carbocycles. The van der Waals surface area contributed by atoms with Crippen molar-refractivity contribution in [1.82, 2.24) is 5.32 Å². The third kappa shape index (κ3) is 5.82. The summed E-state index contributed by atoms with van der Waals surface area (Å²) in [6, 6.07) is 5.77. The number of anilines is 1. The van der Waals surface area contributed by atoms with E-state index in [1.807, 2.05) is 59.7 Å². The number of hydrogen-bond acceptors (Lipinski definition) is 3. The van der Waals surface area contributed by atoms with Crippen LogP contribution in [0, 0.1) is 6.92 Å². The second-order valence-electron chi connectivity index (χ2n) is 7.55. The number of para-hydroxylation sites is 1. The molecule has 0 saturated carbocycles. The molecule has 0 fully saturated rings. The molecule has 1 amide bonds. The van der Waals surface area contributed by atoms with Gasteiger partial charge in [-0.1, -0.05) is 32.0 Å². The van der Waals surface area contributed by atoms with Crippen LogP contribution < -0.4 is 9.62 Å². The molecule has 0 radical (unpaired) electrons. The average Bonchev–Trinajstić information content (AvgIpc) is 2.36. The van der Waals surface area contributed by atoms with Crippen molar-refractivity contribution in [2.45, 2.75) is 59.4 Å². The van der Waals surface area contributed by atoms with Gasteiger partial charge in [-0.2, -0.15) is 0 Å². The van der Waals surface area contributed by atoms with E-state index in [4.69, 9.17) is 0 Å². The van der Waals surface area contributed by atoms with Crippen molar-refractivity contribution in [3.63, 3.8) is 0 Å². The van der Waals surface area contributed by atoms with E-state index in [1.54, 1.807) is 0 Å².